The molecule has 1 saturated carbocycles. The van der Waals surface area contributed by atoms with Crippen molar-refractivity contribution in [1.82, 2.24) is 15.0 Å². The predicted molar refractivity (Wildman–Crippen MR) is 87.8 cm³/mol. The molecule has 1 aliphatic carbocycles. The van der Waals surface area contributed by atoms with Gasteiger partial charge < -0.3 is 14.7 Å². The minimum Gasteiger partial charge on any atom is -0.360 e. The molecule has 1 saturated heterocycles. The Labute approximate surface area is 143 Å². The smallest absolute Gasteiger partial charge is 0.276 e. The Morgan fingerprint density at radius 1 is 1.25 bits per heavy atom. The lowest BCUT2D eigenvalue weighted by atomic mass is 9.96. The van der Waals surface area contributed by atoms with Crippen LogP contribution in [0, 0.1) is 5.92 Å². The molecular formula is C16H18N4O3S. The number of hydrogen-bond donors (Lipinski definition) is 1. The van der Waals surface area contributed by atoms with Crippen molar-refractivity contribution in [2.75, 3.05) is 18.4 Å². The molecule has 0 bridgehead atoms. The van der Waals surface area contributed by atoms with E-state index in [1.807, 2.05) is 5.38 Å². The SMILES string of the molecule is O=C(Nc1nccs1)C1CCN(C(=O)c2cc(C3CC3)on2)CC1. The van der Waals surface area contributed by atoms with Gasteiger partial charge in [-0.15, -0.1) is 11.3 Å². The van der Waals surface area contributed by atoms with Gasteiger partial charge in [0, 0.05) is 42.6 Å². The fourth-order valence-corrected chi connectivity index (χ4v) is 3.48. The third-order valence-corrected chi connectivity index (χ3v) is 5.23. The molecule has 0 unspecified atom stereocenters. The van der Waals surface area contributed by atoms with Gasteiger partial charge in [-0.2, -0.15) is 0 Å². The Bertz CT molecular complexity index is 730. The average molecular weight is 346 g/mol. The van der Waals surface area contributed by atoms with Gasteiger partial charge >= 0.3 is 0 Å². The zero-order chi connectivity index (χ0) is 16.5. The van der Waals surface area contributed by atoms with Gasteiger partial charge in [-0.3, -0.25) is 9.59 Å². The second-order valence-electron chi connectivity index (χ2n) is 6.28. The molecule has 2 aromatic rings. The molecule has 24 heavy (non-hydrogen) atoms. The number of nitrogens with one attached hydrogen (secondary N) is 1. The van der Waals surface area contributed by atoms with Crippen LogP contribution in [0.15, 0.2) is 22.2 Å². The summed E-state index contributed by atoms with van der Waals surface area (Å²) in [7, 11) is 0. The molecular weight excluding hydrogens is 328 g/mol. The lowest BCUT2D eigenvalue weighted by Crippen LogP contribution is -2.41. The molecule has 8 heteroatoms. The number of piperidine rings is 1. The summed E-state index contributed by atoms with van der Waals surface area (Å²) in [5, 5.41) is 9.18. The van der Waals surface area contributed by atoms with Crippen LogP contribution < -0.4 is 5.32 Å². The minimum absolute atomic E-state index is 0.0190. The summed E-state index contributed by atoms with van der Waals surface area (Å²) in [6, 6.07) is 1.77. The van der Waals surface area contributed by atoms with E-state index in [1.54, 1.807) is 17.2 Å². The summed E-state index contributed by atoms with van der Waals surface area (Å²) in [6.07, 6.45) is 5.19. The number of aromatic nitrogens is 2. The van der Waals surface area contributed by atoms with Crippen molar-refractivity contribution >= 4 is 28.3 Å². The van der Waals surface area contributed by atoms with Gasteiger partial charge in [-0.25, -0.2) is 4.98 Å². The topological polar surface area (TPSA) is 88.3 Å². The van der Waals surface area contributed by atoms with Crippen molar-refractivity contribution in [2.45, 2.75) is 31.6 Å². The van der Waals surface area contributed by atoms with Gasteiger partial charge in [0.05, 0.1) is 0 Å². The molecule has 0 radical (unpaired) electrons. The highest BCUT2D eigenvalue weighted by atomic mass is 32.1. The van der Waals surface area contributed by atoms with E-state index in [-0.39, 0.29) is 17.7 Å². The zero-order valence-electron chi connectivity index (χ0n) is 13.1. The van der Waals surface area contributed by atoms with E-state index in [9.17, 15) is 9.59 Å². The quantitative estimate of drug-likeness (QED) is 0.919. The average Bonchev–Trinajstić information content (AvgIpc) is 3.11. The van der Waals surface area contributed by atoms with Gasteiger partial charge in [-0.1, -0.05) is 5.16 Å². The molecule has 1 aliphatic heterocycles. The lowest BCUT2D eigenvalue weighted by molar-refractivity contribution is -0.121. The Kier molecular flexibility index (Phi) is 4.05. The first-order valence-electron chi connectivity index (χ1n) is 8.17. The molecule has 2 aliphatic rings. The monoisotopic (exact) mass is 346 g/mol. The van der Waals surface area contributed by atoms with Crippen LogP contribution in [0.5, 0.6) is 0 Å². The minimum atomic E-state index is -0.107. The van der Waals surface area contributed by atoms with Crippen LogP contribution in [0.3, 0.4) is 0 Å². The largest absolute Gasteiger partial charge is 0.360 e. The van der Waals surface area contributed by atoms with Crippen LogP contribution in [0.25, 0.3) is 0 Å². The van der Waals surface area contributed by atoms with Gasteiger partial charge in [-0.05, 0) is 25.7 Å². The number of likely N-dealkylation sites (tertiary alicyclic amines) is 1. The van der Waals surface area contributed by atoms with Crippen LogP contribution in [-0.4, -0.2) is 39.9 Å². The highest BCUT2D eigenvalue weighted by molar-refractivity contribution is 7.13. The lowest BCUT2D eigenvalue weighted by Gasteiger charge is -2.30. The Balaban J connectivity index is 1.31. The zero-order valence-corrected chi connectivity index (χ0v) is 13.9. The number of rotatable bonds is 4. The highest BCUT2D eigenvalue weighted by Gasteiger charge is 2.32. The second kappa shape index (κ2) is 6.35. The van der Waals surface area contributed by atoms with Crippen LogP contribution in [0.1, 0.15) is 47.8 Å². The third kappa shape index (κ3) is 3.19. The number of amides is 2. The molecule has 3 heterocycles. The second-order valence-corrected chi connectivity index (χ2v) is 7.18. The standard InChI is InChI=1S/C16H18N4O3S/c21-14(18-16-17-5-8-24-16)11-3-6-20(7-4-11)15(22)12-9-13(23-19-12)10-1-2-10/h5,8-11H,1-4,6-7H2,(H,17,18,21). The molecule has 2 amide bonds. The van der Waals surface area contributed by atoms with Gasteiger partial charge in [0.25, 0.3) is 5.91 Å². The Morgan fingerprint density at radius 3 is 2.71 bits per heavy atom. The van der Waals surface area contributed by atoms with Crippen molar-refractivity contribution in [1.29, 1.82) is 0 Å². The first-order valence-corrected chi connectivity index (χ1v) is 9.05. The third-order valence-electron chi connectivity index (χ3n) is 4.54. The number of nitrogens with zero attached hydrogens (tertiary/aromatic N) is 3. The van der Waals surface area contributed by atoms with Crippen molar-refractivity contribution < 1.29 is 14.1 Å². The molecule has 0 aromatic carbocycles. The molecule has 7 nitrogen and oxygen atoms in total. The van der Waals surface area contributed by atoms with E-state index in [0.717, 1.165) is 18.6 Å². The first-order chi connectivity index (χ1) is 11.7. The van der Waals surface area contributed by atoms with Gasteiger partial charge in [0.15, 0.2) is 10.8 Å². The maximum absolute atomic E-state index is 12.5. The van der Waals surface area contributed by atoms with Crippen molar-refractivity contribution in [3.05, 3.63) is 29.1 Å². The number of hydrogen-bond acceptors (Lipinski definition) is 6. The van der Waals surface area contributed by atoms with Crippen LogP contribution >= 0.6 is 11.3 Å². The number of anilines is 1. The number of carbonyl (C=O) groups is 2. The molecule has 1 N–H and O–H groups in total. The molecule has 2 fully saturated rings. The van der Waals surface area contributed by atoms with Crippen LogP contribution in [-0.2, 0) is 4.79 Å². The summed E-state index contributed by atoms with van der Waals surface area (Å²) in [4.78, 5) is 30.5. The Morgan fingerprint density at radius 2 is 2.04 bits per heavy atom. The maximum atomic E-state index is 12.5. The molecule has 0 spiro atoms. The fourth-order valence-electron chi connectivity index (χ4n) is 2.95. The van der Waals surface area contributed by atoms with Crippen molar-refractivity contribution in [3.8, 4) is 0 Å². The number of thiazole rings is 1. The van der Waals surface area contributed by atoms with Crippen LogP contribution in [0.4, 0.5) is 5.13 Å². The van der Waals surface area contributed by atoms with E-state index < -0.39 is 0 Å². The Hall–Kier alpha value is -2.22. The molecule has 4 rings (SSSR count). The van der Waals surface area contributed by atoms with E-state index >= 15 is 0 Å². The summed E-state index contributed by atoms with van der Waals surface area (Å²) >= 11 is 1.40. The first kappa shape index (κ1) is 15.3. The van der Waals surface area contributed by atoms with Crippen molar-refractivity contribution in [3.63, 3.8) is 0 Å². The van der Waals surface area contributed by atoms with E-state index in [0.29, 0.717) is 42.7 Å². The molecule has 2 aromatic heterocycles. The van der Waals surface area contributed by atoms with Crippen molar-refractivity contribution in [2.24, 2.45) is 5.92 Å². The van der Waals surface area contributed by atoms with Crippen LogP contribution in [0.2, 0.25) is 0 Å². The molecule has 0 atom stereocenters. The predicted octanol–water partition coefficient (Wildman–Crippen LogP) is 2.50. The van der Waals surface area contributed by atoms with Gasteiger partial charge in [0.1, 0.15) is 5.76 Å². The number of carbonyl (C=O) groups excluding carboxylic acids is 2. The van der Waals surface area contributed by atoms with E-state index in [4.69, 9.17) is 4.52 Å². The fraction of sp³-hybridized carbons (Fsp3) is 0.500. The summed E-state index contributed by atoms with van der Waals surface area (Å²) in [5.74, 6) is 1.05. The summed E-state index contributed by atoms with van der Waals surface area (Å²) in [5.41, 5.74) is 0.377. The highest BCUT2D eigenvalue weighted by Crippen LogP contribution is 2.40. The summed E-state index contributed by atoms with van der Waals surface area (Å²) < 4.78 is 5.25. The normalized spacial score (nSPS) is 18.6. The van der Waals surface area contributed by atoms with E-state index in [1.165, 1.54) is 11.3 Å². The van der Waals surface area contributed by atoms with Gasteiger partial charge in [0.2, 0.25) is 5.91 Å². The molecule has 126 valence electrons. The summed E-state index contributed by atoms with van der Waals surface area (Å²) in [6.45, 7) is 1.11. The van der Waals surface area contributed by atoms with E-state index in [2.05, 4.69) is 15.5 Å². The maximum Gasteiger partial charge on any atom is 0.276 e.